The van der Waals surface area contributed by atoms with Gasteiger partial charge in [0, 0.05) is 34.0 Å². The van der Waals surface area contributed by atoms with E-state index in [9.17, 15) is 0 Å². The molecule has 0 fully saturated rings. The van der Waals surface area contributed by atoms with Crippen molar-refractivity contribution in [2.75, 3.05) is 9.80 Å². The maximum absolute atomic E-state index is 2.69. The molecule has 3 aliphatic rings. The molecule has 1 aliphatic carbocycles. The quantitative estimate of drug-likeness (QED) is 0.159. The summed E-state index contributed by atoms with van der Waals surface area (Å²) in [5.41, 5.74) is 26.9. The van der Waals surface area contributed by atoms with E-state index in [0.717, 1.165) is 6.42 Å². The number of hydrogen-bond acceptors (Lipinski definition) is 2. The second kappa shape index (κ2) is 16.2. The average Bonchev–Trinajstić information content (AvgIpc) is 3.51. The van der Waals surface area contributed by atoms with Crippen LogP contribution in [-0.4, -0.2) is 6.71 Å². The van der Waals surface area contributed by atoms with Gasteiger partial charge in [-0.25, -0.2) is 0 Å². The molecule has 0 saturated carbocycles. The highest BCUT2D eigenvalue weighted by molar-refractivity contribution is 7.00. The van der Waals surface area contributed by atoms with Gasteiger partial charge < -0.3 is 9.80 Å². The number of fused-ring (bicyclic) bond motifs is 5. The fraction of sp³-hybridized carbons (Fsp3) is 0.294. The molecular formula is C68H71BN2. The standard InChI is InChI=1S/C68H71BN2/c1-43-32-61-63-62(33-43)71(58-31-29-50(65(5,6)7)38-53(58)48-35-46(44-22-17-15-18-23-44)34-47(36-48)45-24-19-16-20-25-45)60-41-55-54(67(11,12)42-68(55,13)14)40-57(60)69(63)56-30-28-51(66(8,9)10)39-59(56)70(61)52-27-21-26-49(37-52)64(2,3)4/h15-41H,42H2,1-14H3. The van der Waals surface area contributed by atoms with Crippen molar-refractivity contribution in [2.24, 2.45) is 0 Å². The van der Waals surface area contributed by atoms with Crippen molar-refractivity contribution in [2.45, 2.75) is 130 Å². The summed E-state index contributed by atoms with van der Waals surface area (Å²) in [7, 11) is 0. The molecule has 3 heteroatoms. The maximum Gasteiger partial charge on any atom is 0.252 e. The van der Waals surface area contributed by atoms with Crippen LogP contribution in [0.4, 0.5) is 34.1 Å². The number of aryl methyl sites for hydroxylation is 1. The van der Waals surface area contributed by atoms with Crippen LogP contribution < -0.4 is 26.2 Å². The molecule has 71 heavy (non-hydrogen) atoms. The lowest BCUT2D eigenvalue weighted by Crippen LogP contribution is -2.61. The Morgan fingerprint density at radius 1 is 0.394 bits per heavy atom. The Labute approximate surface area is 425 Å². The van der Waals surface area contributed by atoms with Crippen molar-refractivity contribution < 1.29 is 0 Å². The molecule has 0 N–H and O–H groups in total. The van der Waals surface area contributed by atoms with Crippen molar-refractivity contribution in [3.05, 3.63) is 197 Å². The van der Waals surface area contributed by atoms with Crippen LogP contribution in [0.2, 0.25) is 0 Å². The van der Waals surface area contributed by atoms with E-state index in [-0.39, 0.29) is 33.8 Å². The minimum Gasteiger partial charge on any atom is -0.311 e. The zero-order valence-electron chi connectivity index (χ0n) is 44.8. The number of rotatable bonds is 5. The van der Waals surface area contributed by atoms with E-state index in [1.54, 1.807) is 0 Å². The highest BCUT2D eigenvalue weighted by atomic mass is 15.2. The number of anilines is 6. The molecule has 0 unspecified atom stereocenters. The Bertz CT molecular complexity index is 3350. The van der Waals surface area contributed by atoms with E-state index in [2.05, 4.69) is 271 Å². The summed E-state index contributed by atoms with van der Waals surface area (Å²) in [6, 6.07) is 63.5. The number of nitrogens with zero attached hydrogens (tertiary/aromatic N) is 2. The van der Waals surface area contributed by atoms with E-state index >= 15 is 0 Å². The van der Waals surface area contributed by atoms with Gasteiger partial charge in [-0.15, -0.1) is 0 Å². The van der Waals surface area contributed by atoms with Gasteiger partial charge in [0.1, 0.15) is 0 Å². The SMILES string of the molecule is Cc1cc2c3c(c1)N(c1ccc(C(C)(C)C)cc1-c1cc(-c4ccccc4)cc(-c4ccccc4)c1)c1cc4c(cc1B3c1ccc(C(C)(C)C)cc1N2c1cccc(C(C)(C)C)c1)C(C)(C)CC4(C)C. The fourth-order valence-electron chi connectivity index (χ4n) is 12.5. The minimum atomic E-state index is -0.0753. The molecule has 0 spiro atoms. The Hall–Kier alpha value is -6.58. The van der Waals surface area contributed by atoms with Crippen molar-refractivity contribution in [1.82, 2.24) is 0 Å². The second-order valence-electron chi connectivity index (χ2n) is 25.6. The lowest BCUT2D eigenvalue weighted by Gasteiger charge is -2.46. The molecule has 0 amide bonds. The summed E-state index contributed by atoms with van der Waals surface area (Å²) < 4.78 is 0. The molecule has 8 aromatic rings. The third-order valence-electron chi connectivity index (χ3n) is 16.1. The summed E-state index contributed by atoms with van der Waals surface area (Å²) in [6.07, 6.45) is 1.10. The van der Waals surface area contributed by atoms with E-state index < -0.39 is 0 Å². The smallest absolute Gasteiger partial charge is 0.252 e. The van der Waals surface area contributed by atoms with Crippen LogP contribution in [0.5, 0.6) is 0 Å². The molecule has 0 saturated heterocycles. The molecule has 2 nitrogen and oxygen atoms in total. The number of benzene rings is 8. The maximum atomic E-state index is 2.69. The highest BCUT2D eigenvalue weighted by Crippen LogP contribution is 2.54. The second-order valence-corrected chi connectivity index (χ2v) is 25.6. The third-order valence-corrected chi connectivity index (χ3v) is 16.1. The average molecular weight is 927 g/mol. The van der Waals surface area contributed by atoms with E-state index in [0.29, 0.717) is 0 Å². The molecule has 2 heterocycles. The first-order valence-electron chi connectivity index (χ1n) is 26.1. The largest absolute Gasteiger partial charge is 0.311 e. The Morgan fingerprint density at radius 2 is 0.901 bits per heavy atom. The van der Waals surface area contributed by atoms with Crippen LogP contribution >= 0.6 is 0 Å². The summed E-state index contributed by atoms with van der Waals surface area (Å²) in [6.45, 7) is 33.3. The van der Waals surface area contributed by atoms with Crippen molar-refractivity contribution >= 4 is 57.2 Å². The molecule has 8 aromatic carbocycles. The van der Waals surface area contributed by atoms with Gasteiger partial charge >= 0.3 is 0 Å². The fourth-order valence-corrected chi connectivity index (χ4v) is 12.5. The van der Waals surface area contributed by atoms with Crippen LogP contribution in [0.25, 0.3) is 33.4 Å². The summed E-state index contributed by atoms with van der Waals surface area (Å²) in [4.78, 5) is 5.31. The molecule has 0 bridgehead atoms. The van der Waals surface area contributed by atoms with E-state index in [1.807, 2.05) is 0 Å². The number of hydrogen-bond donors (Lipinski definition) is 0. The zero-order valence-corrected chi connectivity index (χ0v) is 44.8. The van der Waals surface area contributed by atoms with Gasteiger partial charge in [-0.1, -0.05) is 187 Å². The molecule has 11 rings (SSSR count). The lowest BCUT2D eigenvalue weighted by molar-refractivity contribution is 0.403. The normalized spacial score (nSPS) is 15.5. The predicted molar refractivity (Wildman–Crippen MR) is 308 cm³/mol. The summed E-state index contributed by atoms with van der Waals surface area (Å²) in [5.74, 6) is 0. The zero-order chi connectivity index (χ0) is 50.2. The van der Waals surface area contributed by atoms with Gasteiger partial charge in [-0.3, -0.25) is 0 Å². The van der Waals surface area contributed by atoms with Crippen molar-refractivity contribution in [3.63, 3.8) is 0 Å². The molecule has 0 atom stereocenters. The van der Waals surface area contributed by atoms with Crippen LogP contribution in [0, 0.1) is 6.92 Å². The molecule has 0 aromatic heterocycles. The highest BCUT2D eigenvalue weighted by Gasteiger charge is 2.48. The van der Waals surface area contributed by atoms with Crippen molar-refractivity contribution in [1.29, 1.82) is 0 Å². The third kappa shape index (κ3) is 7.96. The van der Waals surface area contributed by atoms with Gasteiger partial charge in [0.15, 0.2) is 0 Å². The van der Waals surface area contributed by atoms with Crippen LogP contribution in [0.15, 0.2) is 164 Å². The molecule has 2 aliphatic heterocycles. The summed E-state index contributed by atoms with van der Waals surface area (Å²) >= 11 is 0. The van der Waals surface area contributed by atoms with Gasteiger partial charge in [-0.2, -0.15) is 0 Å². The van der Waals surface area contributed by atoms with E-state index in [1.165, 1.54) is 117 Å². The Kier molecular flexibility index (Phi) is 10.7. The first-order chi connectivity index (χ1) is 33.5. The first kappa shape index (κ1) is 46.8. The van der Waals surface area contributed by atoms with Gasteiger partial charge in [0.05, 0.1) is 5.69 Å². The summed E-state index contributed by atoms with van der Waals surface area (Å²) in [5, 5.41) is 0. The Balaban J connectivity index is 1.26. The Morgan fingerprint density at radius 3 is 1.49 bits per heavy atom. The molecule has 0 radical (unpaired) electrons. The first-order valence-corrected chi connectivity index (χ1v) is 26.1. The molecular weight excluding hydrogens is 856 g/mol. The van der Waals surface area contributed by atoms with E-state index in [4.69, 9.17) is 0 Å². The predicted octanol–water partition coefficient (Wildman–Crippen LogP) is 16.9. The van der Waals surface area contributed by atoms with Crippen LogP contribution in [0.1, 0.15) is 130 Å². The molecule has 356 valence electrons. The van der Waals surface area contributed by atoms with Gasteiger partial charge in [-0.05, 0) is 185 Å². The minimum absolute atomic E-state index is 0.00600. The topological polar surface area (TPSA) is 6.48 Å². The van der Waals surface area contributed by atoms with Gasteiger partial charge in [0.25, 0.3) is 6.71 Å². The van der Waals surface area contributed by atoms with Crippen molar-refractivity contribution in [3.8, 4) is 33.4 Å². The monoisotopic (exact) mass is 927 g/mol. The van der Waals surface area contributed by atoms with Crippen LogP contribution in [-0.2, 0) is 27.1 Å². The van der Waals surface area contributed by atoms with Gasteiger partial charge in [0.2, 0.25) is 0 Å². The van der Waals surface area contributed by atoms with Crippen LogP contribution in [0.3, 0.4) is 0 Å². The lowest BCUT2D eigenvalue weighted by atomic mass is 9.33.